The average Bonchev–Trinajstić information content (AvgIpc) is 2.51. The summed E-state index contributed by atoms with van der Waals surface area (Å²) >= 11 is 1.07. The Kier molecular flexibility index (Phi) is 3.26. The summed E-state index contributed by atoms with van der Waals surface area (Å²) in [5, 5.41) is 18.6. The topological polar surface area (TPSA) is 74.6 Å². The van der Waals surface area contributed by atoms with Gasteiger partial charge in [-0.05, 0) is 11.4 Å². The van der Waals surface area contributed by atoms with Crippen molar-refractivity contribution < 1.29 is 19.8 Å². The summed E-state index contributed by atoms with van der Waals surface area (Å²) in [5.74, 6) is 2.82. The van der Waals surface area contributed by atoms with Crippen molar-refractivity contribution in [3.8, 4) is 11.8 Å². The molecule has 0 unspecified atom stereocenters. The smallest absolute Gasteiger partial charge is 0.347 e. The quantitative estimate of drug-likeness (QED) is 0.721. The standard InChI is InChI=1S/C9H6O4S/c10-7(11)3-1-2-6-4-5-14-8(6)9(12)13/h4-5H,3H2,(H,10,11)(H,12,13). The second kappa shape index (κ2) is 4.44. The largest absolute Gasteiger partial charge is 0.481 e. The molecule has 0 saturated carbocycles. The lowest BCUT2D eigenvalue weighted by Crippen LogP contribution is -1.95. The van der Waals surface area contributed by atoms with E-state index in [1.807, 2.05) is 0 Å². The first kappa shape index (κ1) is 10.3. The molecule has 0 fully saturated rings. The summed E-state index contributed by atoms with van der Waals surface area (Å²) in [7, 11) is 0. The Labute approximate surface area is 83.8 Å². The molecule has 0 radical (unpaired) electrons. The van der Waals surface area contributed by atoms with Gasteiger partial charge in [0, 0.05) is 5.56 Å². The van der Waals surface area contributed by atoms with Gasteiger partial charge in [0.15, 0.2) is 0 Å². The molecule has 4 nitrogen and oxygen atoms in total. The van der Waals surface area contributed by atoms with Gasteiger partial charge in [-0.25, -0.2) is 4.79 Å². The highest BCUT2D eigenvalue weighted by atomic mass is 32.1. The number of aromatic carboxylic acids is 1. The van der Waals surface area contributed by atoms with Crippen LogP contribution in [0.4, 0.5) is 0 Å². The minimum atomic E-state index is -1.04. The number of carbonyl (C=O) groups is 2. The van der Waals surface area contributed by atoms with Gasteiger partial charge >= 0.3 is 11.9 Å². The van der Waals surface area contributed by atoms with Gasteiger partial charge in [-0.1, -0.05) is 11.8 Å². The van der Waals surface area contributed by atoms with Gasteiger partial charge in [0.1, 0.15) is 11.3 Å². The zero-order chi connectivity index (χ0) is 10.6. The third-order valence-electron chi connectivity index (χ3n) is 1.32. The van der Waals surface area contributed by atoms with E-state index in [0.29, 0.717) is 5.56 Å². The zero-order valence-corrected chi connectivity index (χ0v) is 7.80. The lowest BCUT2D eigenvalue weighted by Gasteiger charge is -1.87. The van der Waals surface area contributed by atoms with Gasteiger partial charge in [0.25, 0.3) is 0 Å². The lowest BCUT2D eigenvalue weighted by atomic mass is 10.2. The maximum Gasteiger partial charge on any atom is 0.347 e. The van der Waals surface area contributed by atoms with Crippen molar-refractivity contribution in [3.63, 3.8) is 0 Å². The molecular weight excluding hydrogens is 204 g/mol. The summed E-state index contributed by atoms with van der Waals surface area (Å²) < 4.78 is 0. The van der Waals surface area contributed by atoms with E-state index in [1.54, 1.807) is 11.4 Å². The first-order chi connectivity index (χ1) is 6.61. The van der Waals surface area contributed by atoms with E-state index >= 15 is 0 Å². The number of thiophene rings is 1. The van der Waals surface area contributed by atoms with Crippen LogP contribution in [0, 0.1) is 11.8 Å². The molecule has 2 N–H and O–H groups in total. The Bertz CT molecular complexity index is 422. The molecule has 0 spiro atoms. The maximum atomic E-state index is 10.6. The monoisotopic (exact) mass is 210 g/mol. The molecule has 0 bridgehead atoms. The van der Waals surface area contributed by atoms with Crippen LogP contribution in [0.25, 0.3) is 0 Å². The first-order valence-electron chi connectivity index (χ1n) is 3.62. The van der Waals surface area contributed by atoms with Crippen LogP contribution >= 0.6 is 11.3 Å². The van der Waals surface area contributed by atoms with Crippen molar-refractivity contribution >= 4 is 23.3 Å². The van der Waals surface area contributed by atoms with E-state index in [-0.39, 0.29) is 11.3 Å². The Morgan fingerprint density at radius 3 is 2.71 bits per heavy atom. The van der Waals surface area contributed by atoms with Gasteiger partial charge in [-0.2, -0.15) is 0 Å². The number of carboxylic acid groups (broad SMARTS) is 2. The Balaban J connectivity index is 2.84. The molecule has 1 aromatic heterocycles. The molecule has 1 heterocycles. The van der Waals surface area contributed by atoms with Gasteiger partial charge in [0.05, 0.1) is 0 Å². The van der Waals surface area contributed by atoms with Crippen LogP contribution in [-0.2, 0) is 4.79 Å². The summed E-state index contributed by atoms with van der Waals surface area (Å²) in [6.07, 6.45) is -0.283. The second-order valence-electron chi connectivity index (χ2n) is 2.34. The van der Waals surface area contributed by atoms with Crippen LogP contribution in [0.3, 0.4) is 0 Å². The predicted molar refractivity (Wildman–Crippen MR) is 50.4 cm³/mol. The molecule has 72 valence electrons. The highest BCUT2D eigenvalue weighted by molar-refractivity contribution is 7.12. The van der Waals surface area contributed by atoms with Gasteiger partial charge in [0.2, 0.25) is 0 Å². The van der Waals surface area contributed by atoms with E-state index < -0.39 is 11.9 Å². The minimum absolute atomic E-state index is 0.142. The minimum Gasteiger partial charge on any atom is -0.481 e. The predicted octanol–water partition coefficient (Wildman–Crippen LogP) is 1.27. The average molecular weight is 210 g/mol. The van der Waals surface area contributed by atoms with Crippen LogP contribution in [0.2, 0.25) is 0 Å². The molecule has 0 aliphatic heterocycles. The number of carboxylic acids is 2. The van der Waals surface area contributed by atoms with Gasteiger partial charge in [-0.15, -0.1) is 11.3 Å². The molecule has 1 rings (SSSR count). The molecule has 0 amide bonds. The molecule has 0 atom stereocenters. The third kappa shape index (κ3) is 2.61. The SMILES string of the molecule is O=C(O)CC#Cc1ccsc1C(=O)O. The third-order valence-corrected chi connectivity index (χ3v) is 2.22. The van der Waals surface area contributed by atoms with Gasteiger partial charge in [-0.3, -0.25) is 4.79 Å². The molecule has 0 aliphatic rings. The summed E-state index contributed by atoms with van der Waals surface area (Å²) in [5.41, 5.74) is 0.365. The van der Waals surface area contributed by atoms with Crippen molar-refractivity contribution in [1.82, 2.24) is 0 Å². The maximum absolute atomic E-state index is 10.6. The number of aliphatic carboxylic acids is 1. The lowest BCUT2D eigenvalue weighted by molar-refractivity contribution is -0.135. The van der Waals surface area contributed by atoms with E-state index in [2.05, 4.69) is 11.8 Å². The summed E-state index contributed by atoms with van der Waals surface area (Å²) in [4.78, 5) is 20.9. The molecule has 14 heavy (non-hydrogen) atoms. The van der Waals surface area contributed by atoms with Crippen molar-refractivity contribution in [2.45, 2.75) is 6.42 Å². The summed E-state index contributed by atoms with van der Waals surface area (Å²) in [6, 6.07) is 1.56. The normalized spacial score (nSPS) is 8.86. The Hall–Kier alpha value is -1.80. The second-order valence-corrected chi connectivity index (χ2v) is 3.26. The molecule has 1 aromatic rings. The first-order valence-corrected chi connectivity index (χ1v) is 4.50. The fraction of sp³-hybridized carbons (Fsp3) is 0.111. The van der Waals surface area contributed by atoms with Crippen molar-refractivity contribution in [2.24, 2.45) is 0 Å². The van der Waals surface area contributed by atoms with E-state index in [1.165, 1.54) is 0 Å². The van der Waals surface area contributed by atoms with Crippen molar-refractivity contribution in [3.05, 3.63) is 21.9 Å². The fourth-order valence-corrected chi connectivity index (χ4v) is 1.48. The highest BCUT2D eigenvalue weighted by Gasteiger charge is 2.08. The van der Waals surface area contributed by atoms with Crippen LogP contribution in [0.1, 0.15) is 21.7 Å². The van der Waals surface area contributed by atoms with Gasteiger partial charge < -0.3 is 10.2 Å². The molecule has 0 aliphatic carbocycles. The van der Waals surface area contributed by atoms with Crippen LogP contribution in [0.15, 0.2) is 11.4 Å². The fourth-order valence-electron chi connectivity index (χ4n) is 0.788. The van der Waals surface area contributed by atoms with Crippen LogP contribution in [-0.4, -0.2) is 22.2 Å². The highest BCUT2D eigenvalue weighted by Crippen LogP contribution is 2.15. The number of hydrogen-bond donors (Lipinski definition) is 2. The van der Waals surface area contributed by atoms with Crippen molar-refractivity contribution in [2.75, 3.05) is 0 Å². The molecular formula is C9H6O4S. The Morgan fingerprint density at radius 2 is 2.14 bits per heavy atom. The van der Waals surface area contributed by atoms with E-state index in [9.17, 15) is 9.59 Å². The number of rotatable bonds is 2. The van der Waals surface area contributed by atoms with Crippen LogP contribution in [0.5, 0.6) is 0 Å². The number of hydrogen-bond acceptors (Lipinski definition) is 3. The van der Waals surface area contributed by atoms with Crippen molar-refractivity contribution in [1.29, 1.82) is 0 Å². The molecule has 0 saturated heterocycles. The molecule has 0 aromatic carbocycles. The Morgan fingerprint density at radius 1 is 1.43 bits per heavy atom. The zero-order valence-electron chi connectivity index (χ0n) is 6.98. The van der Waals surface area contributed by atoms with E-state index in [4.69, 9.17) is 10.2 Å². The van der Waals surface area contributed by atoms with Crippen LogP contribution < -0.4 is 0 Å². The van der Waals surface area contributed by atoms with E-state index in [0.717, 1.165) is 11.3 Å². The molecule has 5 heteroatoms. The summed E-state index contributed by atoms with van der Waals surface area (Å²) in [6.45, 7) is 0.